The van der Waals surface area contributed by atoms with Gasteiger partial charge in [-0.05, 0) is 60.0 Å². The number of nitrogens with one attached hydrogen (secondary N) is 1. The Hall–Kier alpha value is -2.01. The van der Waals surface area contributed by atoms with Crippen LogP contribution in [0.4, 0.5) is 0 Å². The molecular formula is C23H28N2O2. The average molecular weight is 364 g/mol. The van der Waals surface area contributed by atoms with Crippen molar-refractivity contribution in [2.24, 2.45) is 0 Å². The van der Waals surface area contributed by atoms with Gasteiger partial charge in [-0.2, -0.15) is 0 Å². The molecule has 2 aromatic rings. The van der Waals surface area contributed by atoms with Crippen LogP contribution >= 0.6 is 0 Å². The second-order valence-electron chi connectivity index (χ2n) is 7.77. The molecule has 0 amide bonds. The molecule has 2 aromatic carbocycles. The molecule has 1 saturated heterocycles. The lowest BCUT2D eigenvalue weighted by Crippen LogP contribution is -2.32. The van der Waals surface area contributed by atoms with Gasteiger partial charge in [0.15, 0.2) is 5.78 Å². The smallest absolute Gasteiger partial charge is 0.188 e. The van der Waals surface area contributed by atoms with Crippen LogP contribution in [0.3, 0.4) is 0 Å². The monoisotopic (exact) mass is 364 g/mol. The van der Waals surface area contributed by atoms with Gasteiger partial charge in [-0.3, -0.25) is 9.69 Å². The standard InChI is InChI=1S/C23H28N2O2/c26-16-23(27)20-6-5-19-9-12-25(15-22(19)13-20)11-8-17-1-3-18(4-2-17)21-7-10-24-14-21/h1-6,13,21,24,26H,7-12,14-16H2. The summed E-state index contributed by atoms with van der Waals surface area (Å²) in [4.78, 5) is 14.2. The van der Waals surface area contributed by atoms with Crippen LogP contribution in [0.15, 0.2) is 42.5 Å². The summed E-state index contributed by atoms with van der Waals surface area (Å²) in [5, 5.41) is 12.5. The van der Waals surface area contributed by atoms with Crippen molar-refractivity contribution in [2.45, 2.75) is 31.7 Å². The number of carbonyl (C=O) groups excluding carboxylic acids is 1. The number of aliphatic hydroxyl groups is 1. The molecule has 0 saturated carbocycles. The maximum Gasteiger partial charge on any atom is 0.188 e. The summed E-state index contributed by atoms with van der Waals surface area (Å²) in [5.41, 5.74) is 6.02. The molecule has 0 aromatic heterocycles. The number of hydrogen-bond acceptors (Lipinski definition) is 4. The van der Waals surface area contributed by atoms with Gasteiger partial charge >= 0.3 is 0 Å². The van der Waals surface area contributed by atoms with Crippen molar-refractivity contribution < 1.29 is 9.90 Å². The Morgan fingerprint density at radius 3 is 2.74 bits per heavy atom. The van der Waals surface area contributed by atoms with Crippen LogP contribution < -0.4 is 5.32 Å². The van der Waals surface area contributed by atoms with E-state index in [0.717, 1.165) is 45.6 Å². The molecule has 0 spiro atoms. The van der Waals surface area contributed by atoms with E-state index >= 15 is 0 Å². The molecular weight excluding hydrogens is 336 g/mol. The fraction of sp³-hybridized carbons (Fsp3) is 0.435. The molecule has 27 heavy (non-hydrogen) atoms. The molecule has 4 rings (SSSR count). The SMILES string of the molecule is O=C(CO)c1ccc2c(c1)CN(CCc1ccc(C3CCNC3)cc1)CC2. The van der Waals surface area contributed by atoms with Crippen molar-refractivity contribution in [1.29, 1.82) is 0 Å². The molecule has 1 unspecified atom stereocenters. The zero-order chi connectivity index (χ0) is 18.6. The van der Waals surface area contributed by atoms with Crippen molar-refractivity contribution >= 4 is 5.78 Å². The molecule has 2 heterocycles. The van der Waals surface area contributed by atoms with E-state index in [1.807, 2.05) is 18.2 Å². The van der Waals surface area contributed by atoms with Crippen LogP contribution in [-0.2, 0) is 19.4 Å². The van der Waals surface area contributed by atoms with Crippen molar-refractivity contribution in [3.63, 3.8) is 0 Å². The van der Waals surface area contributed by atoms with Gasteiger partial charge in [-0.25, -0.2) is 0 Å². The first-order valence-corrected chi connectivity index (χ1v) is 10.0. The Morgan fingerprint density at radius 1 is 1.15 bits per heavy atom. The lowest BCUT2D eigenvalue weighted by Gasteiger charge is -2.29. The van der Waals surface area contributed by atoms with Gasteiger partial charge in [0.05, 0.1) is 0 Å². The third-order valence-electron chi connectivity index (χ3n) is 5.99. The maximum absolute atomic E-state index is 11.7. The molecule has 4 nitrogen and oxygen atoms in total. The predicted molar refractivity (Wildman–Crippen MR) is 107 cm³/mol. The minimum absolute atomic E-state index is 0.201. The minimum Gasteiger partial charge on any atom is -0.388 e. The molecule has 0 radical (unpaired) electrons. The predicted octanol–water partition coefficient (Wildman–Crippen LogP) is 2.54. The average Bonchev–Trinajstić information content (AvgIpc) is 3.26. The van der Waals surface area contributed by atoms with Crippen LogP contribution in [0.25, 0.3) is 0 Å². The van der Waals surface area contributed by atoms with E-state index in [9.17, 15) is 4.79 Å². The van der Waals surface area contributed by atoms with Gasteiger partial charge in [-0.1, -0.05) is 36.4 Å². The largest absolute Gasteiger partial charge is 0.388 e. The lowest BCUT2D eigenvalue weighted by molar-refractivity contribution is 0.0903. The molecule has 2 aliphatic rings. The third-order valence-corrected chi connectivity index (χ3v) is 5.99. The summed E-state index contributed by atoms with van der Waals surface area (Å²) in [6, 6.07) is 15.0. The summed E-state index contributed by atoms with van der Waals surface area (Å²) in [6.45, 7) is 4.79. The van der Waals surface area contributed by atoms with Crippen LogP contribution in [0.1, 0.15) is 45.0 Å². The van der Waals surface area contributed by atoms with E-state index in [4.69, 9.17) is 5.11 Å². The summed E-state index contributed by atoms with van der Waals surface area (Å²) in [7, 11) is 0. The van der Waals surface area contributed by atoms with Crippen LogP contribution in [0, 0.1) is 0 Å². The third kappa shape index (κ3) is 4.29. The Kier molecular flexibility index (Phi) is 5.67. The molecule has 2 N–H and O–H groups in total. The first-order valence-electron chi connectivity index (χ1n) is 10.0. The number of fused-ring (bicyclic) bond motifs is 1. The van der Waals surface area contributed by atoms with Gasteiger partial charge < -0.3 is 10.4 Å². The fourth-order valence-corrected chi connectivity index (χ4v) is 4.25. The van der Waals surface area contributed by atoms with Gasteiger partial charge in [0.1, 0.15) is 6.61 Å². The first-order chi connectivity index (χ1) is 13.2. The number of Topliss-reactive ketones (excluding diaryl/α,β-unsaturated/α-hetero) is 1. The van der Waals surface area contributed by atoms with Crippen LogP contribution in [0.5, 0.6) is 0 Å². The number of carbonyl (C=O) groups is 1. The molecule has 4 heteroatoms. The quantitative estimate of drug-likeness (QED) is 0.774. The number of benzene rings is 2. The second-order valence-corrected chi connectivity index (χ2v) is 7.77. The Balaban J connectivity index is 1.35. The Labute approximate surface area is 161 Å². The van der Waals surface area contributed by atoms with Crippen LogP contribution in [-0.4, -0.2) is 48.6 Å². The molecule has 2 aliphatic heterocycles. The van der Waals surface area contributed by atoms with Gasteiger partial charge in [0, 0.05) is 31.7 Å². The van der Waals surface area contributed by atoms with Crippen molar-refractivity contribution in [3.8, 4) is 0 Å². The van der Waals surface area contributed by atoms with Gasteiger partial charge in [-0.15, -0.1) is 0 Å². The number of aliphatic hydroxyl groups excluding tert-OH is 1. The van der Waals surface area contributed by atoms with Gasteiger partial charge in [0.2, 0.25) is 0 Å². The lowest BCUT2D eigenvalue weighted by atomic mass is 9.95. The van der Waals surface area contributed by atoms with E-state index in [0.29, 0.717) is 11.5 Å². The molecule has 1 fully saturated rings. The van der Waals surface area contributed by atoms with E-state index in [1.54, 1.807) is 0 Å². The minimum atomic E-state index is -0.421. The van der Waals surface area contributed by atoms with E-state index in [1.165, 1.54) is 28.7 Å². The van der Waals surface area contributed by atoms with Crippen LogP contribution in [0.2, 0.25) is 0 Å². The highest BCUT2D eigenvalue weighted by atomic mass is 16.3. The first kappa shape index (κ1) is 18.4. The Morgan fingerprint density at radius 2 is 2.00 bits per heavy atom. The van der Waals surface area contributed by atoms with Crippen molar-refractivity contribution in [1.82, 2.24) is 10.2 Å². The highest BCUT2D eigenvalue weighted by Gasteiger charge is 2.18. The zero-order valence-electron chi connectivity index (χ0n) is 15.8. The molecule has 1 atom stereocenters. The second kappa shape index (κ2) is 8.34. The molecule has 0 bridgehead atoms. The summed E-state index contributed by atoms with van der Waals surface area (Å²) < 4.78 is 0. The highest BCUT2D eigenvalue weighted by molar-refractivity contribution is 5.97. The molecule has 142 valence electrons. The van der Waals surface area contributed by atoms with Crippen molar-refractivity contribution in [3.05, 3.63) is 70.3 Å². The topological polar surface area (TPSA) is 52.6 Å². The normalized spacial score (nSPS) is 19.8. The number of rotatable bonds is 6. The molecule has 0 aliphatic carbocycles. The van der Waals surface area contributed by atoms with Gasteiger partial charge in [0.25, 0.3) is 0 Å². The number of nitrogens with zero attached hydrogens (tertiary/aromatic N) is 1. The zero-order valence-corrected chi connectivity index (χ0v) is 15.8. The van der Waals surface area contributed by atoms with E-state index in [2.05, 4.69) is 34.5 Å². The van der Waals surface area contributed by atoms with Crippen molar-refractivity contribution in [2.75, 3.05) is 32.8 Å². The van der Waals surface area contributed by atoms with E-state index in [-0.39, 0.29) is 5.78 Å². The number of ketones is 1. The number of hydrogen-bond donors (Lipinski definition) is 2. The highest BCUT2D eigenvalue weighted by Crippen LogP contribution is 2.23. The fourth-order valence-electron chi connectivity index (χ4n) is 4.25. The summed E-state index contributed by atoms with van der Waals surface area (Å²) >= 11 is 0. The summed E-state index contributed by atoms with van der Waals surface area (Å²) in [5.74, 6) is 0.473. The van der Waals surface area contributed by atoms with E-state index < -0.39 is 6.61 Å². The maximum atomic E-state index is 11.7. The summed E-state index contributed by atoms with van der Waals surface area (Å²) in [6.07, 6.45) is 3.32. The Bertz CT molecular complexity index is 795.